The van der Waals surface area contributed by atoms with Crippen molar-refractivity contribution in [1.29, 1.82) is 0 Å². The van der Waals surface area contributed by atoms with E-state index < -0.39 is 0 Å². The van der Waals surface area contributed by atoms with Crippen LogP contribution in [0.4, 0.5) is 11.6 Å². The Bertz CT molecular complexity index is 594. The minimum atomic E-state index is 0.209. The van der Waals surface area contributed by atoms with Gasteiger partial charge in [0, 0.05) is 25.1 Å². The number of hydrogen-bond acceptors (Lipinski definition) is 4. The molecule has 104 valence electrons. The maximum Gasteiger partial charge on any atom is 0.134 e. The van der Waals surface area contributed by atoms with E-state index in [-0.39, 0.29) is 5.41 Å². The standard InChI is InChI=1S/C16H20N4/c1-16(2)10-20(15-8-14(17)18-11-19-15)9-13(16)12-6-4-3-5-7-12/h3-8,11,13H,9-10H2,1-2H3,(H2,17,18,19)/t13-/m1/s1. The number of nitrogen functional groups attached to an aromatic ring is 1. The Labute approximate surface area is 119 Å². The third-order valence-electron chi connectivity index (χ3n) is 4.14. The van der Waals surface area contributed by atoms with Crippen molar-refractivity contribution in [1.82, 2.24) is 9.97 Å². The Morgan fingerprint density at radius 3 is 2.65 bits per heavy atom. The second-order valence-corrected chi connectivity index (χ2v) is 6.13. The maximum absolute atomic E-state index is 5.76. The quantitative estimate of drug-likeness (QED) is 0.910. The first-order chi connectivity index (χ1) is 9.56. The highest BCUT2D eigenvalue weighted by Crippen LogP contribution is 2.43. The van der Waals surface area contributed by atoms with Gasteiger partial charge in [0.15, 0.2) is 0 Å². The summed E-state index contributed by atoms with van der Waals surface area (Å²) in [5, 5.41) is 0. The SMILES string of the molecule is CC1(C)CN(c2cc(N)ncn2)C[C@@H]1c1ccccc1. The number of anilines is 2. The normalized spacial score (nSPS) is 21.1. The van der Waals surface area contributed by atoms with Crippen LogP contribution in [0, 0.1) is 5.41 Å². The summed E-state index contributed by atoms with van der Waals surface area (Å²) in [5.74, 6) is 1.94. The molecule has 4 heteroatoms. The predicted molar refractivity (Wildman–Crippen MR) is 81.6 cm³/mol. The second-order valence-electron chi connectivity index (χ2n) is 6.13. The highest BCUT2D eigenvalue weighted by atomic mass is 15.2. The molecule has 1 aromatic heterocycles. The summed E-state index contributed by atoms with van der Waals surface area (Å²) in [6.07, 6.45) is 1.54. The van der Waals surface area contributed by atoms with Gasteiger partial charge < -0.3 is 10.6 Å². The van der Waals surface area contributed by atoms with E-state index in [1.54, 1.807) is 0 Å². The molecule has 0 unspecified atom stereocenters. The second kappa shape index (κ2) is 4.78. The van der Waals surface area contributed by atoms with Crippen molar-refractivity contribution < 1.29 is 0 Å². The van der Waals surface area contributed by atoms with E-state index in [9.17, 15) is 0 Å². The molecule has 1 fully saturated rings. The molecule has 3 rings (SSSR count). The number of rotatable bonds is 2. The van der Waals surface area contributed by atoms with E-state index in [1.807, 2.05) is 6.07 Å². The van der Waals surface area contributed by atoms with E-state index in [4.69, 9.17) is 5.73 Å². The molecule has 0 radical (unpaired) electrons. The van der Waals surface area contributed by atoms with Gasteiger partial charge in [0.05, 0.1) is 0 Å². The number of hydrogen-bond donors (Lipinski definition) is 1. The molecule has 1 saturated heterocycles. The summed E-state index contributed by atoms with van der Waals surface area (Å²) >= 11 is 0. The monoisotopic (exact) mass is 268 g/mol. The van der Waals surface area contributed by atoms with Gasteiger partial charge in [-0.2, -0.15) is 0 Å². The molecule has 4 nitrogen and oxygen atoms in total. The average Bonchev–Trinajstić information content (AvgIpc) is 2.76. The molecule has 2 aromatic rings. The molecule has 2 heterocycles. The number of nitrogens with zero attached hydrogens (tertiary/aromatic N) is 3. The molecule has 1 aliphatic heterocycles. The van der Waals surface area contributed by atoms with Crippen molar-refractivity contribution in [2.24, 2.45) is 5.41 Å². The van der Waals surface area contributed by atoms with Crippen LogP contribution in [0.3, 0.4) is 0 Å². The van der Waals surface area contributed by atoms with Crippen molar-refractivity contribution in [2.75, 3.05) is 23.7 Å². The van der Waals surface area contributed by atoms with Gasteiger partial charge in [-0.25, -0.2) is 9.97 Å². The van der Waals surface area contributed by atoms with Crippen LogP contribution in [0.25, 0.3) is 0 Å². The van der Waals surface area contributed by atoms with Gasteiger partial charge in [0.25, 0.3) is 0 Å². The summed E-state index contributed by atoms with van der Waals surface area (Å²) in [5.41, 5.74) is 7.36. The summed E-state index contributed by atoms with van der Waals surface area (Å²) in [4.78, 5) is 10.6. The number of nitrogens with two attached hydrogens (primary N) is 1. The topological polar surface area (TPSA) is 55.0 Å². The molecule has 0 aliphatic carbocycles. The third kappa shape index (κ3) is 2.33. The van der Waals surface area contributed by atoms with Crippen LogP contribution in [-0.4, -0.2) is 23.1 Å². The smallest absolute Gasteiger partial charge is 0.134 e. The van der Waals surface area contributed by atoms with Crippen LogP contribution in [0.15, 0.2) is 42.7 Å². The fourth-order valence-corrected chi connectivity index (χ4v) is 3.09. The Hall–Kier alpha value is -2.10. The fraction of sp³-hybridized carbons (Fsp3) is 0.375. The van der Waals surface area contributed by atoms with E-state index in [0.29, 0.717) is 11.7 Å². The van der Waals surface area contributed by atoms with E-state index >= 15 is 0 Å². The van der Waals surface area contributed by atoms with E-state index in [1.165, 1.54) is 11.9 Å². The van der Waals surface area contributed by atoms with Crippen LogP contribution in [0.2, 0.25) is 0 Å². The van der Waals surface area contributed by atoms with Crippen molar-refractivity contribution in [3.05, 3.63) is 48.3 Å². The van der Waals surface area contributed by atoms with Crippen LogP contribution in [-0.2, 0) is 0 Å². The Balaban J connectivity index is 1.89. The van der Waals surface area contributed by atoms with Crippen molar-refractivity contribution in [3.63, 3.8) is 0 Å². The molecule has 0 spiro atoms. The van der Waals surface area contributed by atoms with Crippen LogP contribution in [0.1, 0.15) is 25.3 Å². The Morgan fingerprint density at radius 2 is 1.95 bits per heavy atom. The fourth-order valence-electron chi connectivity index (χ4n) is 3.09. The average molecular weight is 268 g/mol. The van der Waals surface area contributed by atoms with Crippen molar-refractivity contribution >= 4 is 11.6 Å². The van der Waals surface area contributed by atoms with Gasteiger partial charge in [0.2, 0.25) is 0 Å². The molecular formula is C16H20N4. The van der Waals surface area contributed by atoms with Crippen LogP contribution >= 0.6 is 0 Å². The van der Waals surface area contributed by atoms with Crippen LogP contribution in [0.5, 0.6) is 0 Å². The van der Waals surface area contributed by atoms with Gasteiger partial charge in [-0.15, -0.1) is 0 Å². The first-order valence-electron chi connectivity index (χ1n) is 6.94. The lowest BCUT2D eigenvalue weighted by Gasteiger charge is -2.25. The molecule has 1 aliphatic rings. The predicted octanol–water partition coefficient (Wildman–Crippen LogP) is 2.69. The highest BCUT2D eigenvalue weighted by molar-refractivity contribution is 5.48. The molecule has 1 atom stereocenters. The lowest BCUT2D eigenvalue weighted by atomic mass is 9.78. The molecular weight excluding hydrogens is 248 g/mol. The van der Waals surface area contributed by atoms with E-state index in [0.717, 1.165) is 18.9 Å². The molecule has 0 saturated carbocycles. The van der Waals surface area contributed by atoms with Gasteiger partial charge in [0.1, 0.15) is 18.0 Å². The highest BCUT2D eigenvalue weighted by Gasteiger charge is 2.40. The summed E-state index contributed by atoms with van der Waals surface area (Å²) < 4.78 is 0. The number of aromatic nitrogens is 2. The molecule has 0 amide bonds. The first kappa shape index (κ1) is 12.9. The Morgan fingerprint density at radius 1 is 1.20 bits per heavy atom. The molecule has 0 bridgehead atoms. The van der Waals surface area contributed by atoms with Gasteiger partial charge >= 0.3 is 0 Å². The minimum absolute atomic E-state index is 0.209. The lowest BCUT2D eigenvalue weighted by Crippen LogP contribution is -2.24. The zero-order chi connectivity index (χ0) is 14.2. The summed E-state index contributed by atoms with van der Waals surface area (Å²) in [7, 11) is 0. The summed E-state index contributed by atoms with van der Waals surface area (Å²) in [6, 6.07) is 12.6. The minimum Gasteiger partial charge on any atom is -0.384 e. The van der Waals surface area contributed by atoms with Crippen molar-refractivity contribution in [2.45, 2.75) is 19.8 Å². The van der Waals surface area contributed by atoms with Gasteiger partial charge in [-0.05, 0) is 11.0 Å². The van der Waals surface area contributed by atoms with Crippen LogP contribution < -0.4 is 10.6 Å². The van der Waals surface area contributed by atoms with Gasteiger partial charge in [-0.1, -0.05) is 44.2 Å². The zero-order valence-electron chi connectivity index (χ0n) is 12.0. The third-order valence-corrected chi connectivity index (χ3v) is 4.14. The molecule has 1 aromatic carbocycles. The Kier molecular flexibility index (Phi) is 3.08. The van der Waals surface area contributed by atoms with E-state index in [2.05, 4.69) is 59.0 Å². The zero-order valence-corrected chi connectivity index (χ0v) is 12.0. The largest absolute Gasteiger partial charge is 0.384 e. The summed E-state index contributed by atoms with van der Waals surface area (Å²) in [6.45, 7) is 6.57. The maximum atomic E-state index is 5.76. The molecule has 20 heavy (non-hydrogen) atoms. The van der Waals surface area contributed by atoms with Crippen molar-refractivity contribution in [3.8, 4) is 0 Å². The van der Waals surface area contributed by atoms with Gasteiger partial charge in [-0.3, -0.25) is 0 Å². The first-order valence-corrected chi connectivity index (χ1v) is 6.94. The lowest BCUT2D eigenvalue weighted by molar-refractivity contribution is 0.365. The molecule has 2 N–H and O–H groups in total. The number of benzene rings is 1.